The molecule has 0 unspecified atom stereocenters. The number of imide groups is 1. The Morgan fingerprint density at radius 1 is 1.03 bits per heavy atom. The SMILES string of the molecule is CCCCN1C(=O)S/C(=C\c2cc(I)c(OCc3cccc4ccccc34)c(OCC)c2)C1=O. The summed E-state index contributed by atoms with van der Waals surface area (Å²) in [5.74, 6) is 1.06. The first-order chi connectivity index (χ1) is 16.5. The number of amides is 2. The largest absolute Gasteiger partial charge is 0.490 e. The van der Waals surface area contributed by atoms with E-state index >= 15 is 0 Å². The summed E-state index contributed by atoms with van der Waals surface area (Å²) in [6.45, 7) is 5.31. The van der Waals surface area contributed by atoms with Crippen LogP contribution in [0.4, 0.5) is 4.79 Å². The minimum absolute atomic E-state index is 0.209. The van der Waals surface area contributed by atoms with Crippen molar-refractivity contribution < 1.29 is 19.1 Å². The van der Waals surface area contributed by atoms with Gasteiger partial charge < -0.3 is 9.47 Å². The topological polar surface area (TPSA) is 55.8 Å². The first kappa shape index (κ1) is 24.6. The van der Waals surface area contributed by atoms with Crippen LogP contribution in [-0.4, -0.2) is 29.2 Å². The third-order valence-electron chi connectivity index (χ3n) is 5.49. The smallest absolute Gasteiger partial charge is 0.293 e. The molecule has 0 N–H and O–H groups in total. The number of unbranched alkanes of at least 4 members (excludes halogenated alkanes) is 1. The van der Waals surface area contributed by atoms with E-state index in [1.807, 2.05) is 44.2 Å². The number of nitrogens with zero attached hydrogens (tertiary/aromatic N) is 1. The fraction of sp³-hybridized carbons (Fsp3) is 0.259. The third kappa shape index (κ3) is 5.41. The van der Waals surface area contributed by atoms with Crippen molar-refractivity contribution in [1.82, 2.24) is 4.90 Å². The van der Waals surface area contributed by atoms with Gasteiger partial charge in [0, 0.05) is 6.54 Å². The molecule has 3 aromatic rings. The summed E-state index contributed by atoms with van der Waals surface area (Å²) >= 11 is 3.22. The highest BCUT2D eigenvalue weighted by Crippen LogP contribution is 2.38. The van der Waals surface area contributed by atoms with E-state index in [0.717, 1.165) is 44.7 Å². The molecule has 34 heavy (non-hydrogen) atoms. The van der Waals surface area contributed by atoms with Gasteiger partial charge in [-0.2, -0.15) is 0 Å². The van der Waals surface area contributed by atoms with Gasteiger partial charge in [-0.15, -0.1) is 0 Å². The number of carbonyl (C=O) groups is 2. The molecule has 1 aliphatic rings. The lowest BCUT2D eigenvalue weighted by Gasteiger charge is -2.16. The maximum Gasteiger partial charge on any atom is 0.293 e. The van der Waals surface area contributed by atoms with Crippen LogP contribution in [0.15, 0.2) is 59.5 Å². The van der Waals surface area contributed by atoms with Crippen molar-refractivity contribution in [1.29, 1.82) is 0 Å². The quantitative estimate of drug-likeness (QED) is 0.195. The molecule has 1 fully saturated rings. The summed E-state index contributed by atoms with van der Waals surface area (Å²) < 4.78 is 13.0. The number of hydrogen-bond acceptors (Lipinski definition) is 5. The van der Waals surface area contributed by atoms with Crippen LogP contribution in [0.2, 0.25) is 0 Å². The number of ether oxygens (including phenoxy) is 2. The molecule has 0 aliphatic carbocycles. The highest BCUT2D eigenvalue weighted by atomic mass is 127. The van der Waals surface area contributed by atoms with Gasteiger partial charge in [0.05, 0.1) is 15.1 Å². The highest BCUT2D eigenvalue weighted by molar-refractivity contribution is 14.1. The van der Waals surface area contributed by atoms with Crippen molar-refractivity contribution in [3.63, 3.8) is 0 Å². The van der Waals surface area contributed by atoms with Gasteiger partial charge in [0.25, 0.3) is 11.1 Å². The summed E-state index contributed by atoms with van der Waals surface area (Å²) in [5, 5.41) is 2.12. The predicted molar refractivity (Wildman–Crippen MR) is 146 cm³/mol. The Hall–Kier alpha value is -2.52. The van der Waals surface area contributed by atoms with Crippen molar-refractivity contribution in [2.24, 2.45) is 0 Å². The van der Waals surface area contributed by atoms with E-state index in [1.165, 1.54) is 10.3 Å². The van der Waals surface area contributed by atoms with Gasteiger partial charge in [-0.3, -0.25) is 14.5 Å². The number of hydrogen-bond donors (Lipinski definition) is 0. The molecule has 2 amide bonds. The predicted octanol–water partition coefficient (Wildman–Crippen LogP) is 7.26. The number of halogens is 1. The van der Waals surface area contributed by atoms with E-state index in [1.54, 1.807) is 6.08 Å². The maximum absolute atomic E-state index is 12.7. The highest BCUT2D eigenvalue weighted by Gasteiger charge is 2.34. The zero-order valence-electron chi connectivity index (χ0n) is 19.2. The van der Waals surface area contributed by atoms with Gasteiger partial charge in [-0.1, -0.05) is 55.8 Å². The second-order valence-corrected chi connectivity index (χ2v) is 10.0. The Balaban J connectivity index is 1.59. The van der Waals surface area contributed by atoms with E-state index in [0.29, 0.717) is 36.2 Å². The van der Waals surface area contributed by atoms with Crippen LogP contribution in [0, 0.1) is 3.57 Å². The van der Waals surface area contributed by atoms with E-state index in [9.17, 15) is 9.59 Å². The van der Waals surface area contributed by atoms with Crippen LogP contribution in [0.5, 0.6) is 11.5 Å². The van der Waals surface area contributed by atoms with Crippen LogP contribution in [-0.2, 0) is 11.4 Å². The molecule has 1 saturated heterocycles. The lowest BCUT2D eigenvalue weighted by molar-refractivity contribution is -0.122. The summed E-state index contributed by atoms with van der Waals surface area (Å²) in [6.07, 6.45) is 3.49. The van der Waals surface area contributed by atoms with Crippen LogP contribution in [0.25, 0.3) is 16.8 Å². The lowest BCUT2D eigenvalue weighted by Crippen LogP contribution is -2.29. The van der Waals surface area contributed by atoms with Crippen LogP contribution in [0.3, 0.4) is 0 Å². The fourth-order valence-electron chi connectivity index (χ4n) is 3.80. The molecule has 0 bridgehead atoms. The molecule has 1 aliphatic heterocycles. The molecule has 7 heteroatoms. The number of rotatable bonds is 9. The molecule has 0 aromatic heterocycles. The molecule has 3 aromatic carbocycles. The number of thioether (sulfide) groups is 1. The zero-order valence-corrected chi connectivity index (χ0v) is 22.1. The Morgan fingerprint density at radius 3 is 2.62 bits per heavy atom. The minimum atomic E-state index is -0.229. The van der Waals surface area contributed by atoms with Gasteiger partial charge >= 0.3 is 0 Å². The Kier molecular flexibility index (Phi) is 8.15. The molecular formula is C27H26INO4S. The normalized spacial score (nSPS) is 14.9. The van der Waals surface area contributed by atoms with E-state index < -0.39 is 0 Å². The second-order valence-electron chi connectivity index (χ2n) is 7.88. The number of carbonyl (C=O) groups excluding carboxylic acids is 2. The van der Waals surface area contributed by atoms with Gasteiger partial charge in [-0.05, 0) is 87.8 Å². The molecule has 0 radical (unpaired) electrons. The summed E-state index contributed by atoms with van der Waals surface area (Å²) in [4.78, 5) is 26.8. The summed E-state index contributed by atoms with van der Waals surface area (Å²) in [6, 6.07) is 18.2. The molecule has 4 rings (SSSR count). The second kappa shape index (κ2) is 11.3. The lowest BCUT2D eigenvalue weighted by atomic mass is 10.1. The molecule has 1 heterocycles. The van der Waals surface area contributed by atoms with Crippen molar-refractivity contribution in [3.8, 4) is 11.5 Å². The zero-order chi connectivity index (χ0) is 24.1. The first-order valence-corrected chi connectivity index (χ1v) is 13.2. The van der Waals surface area contributed by atoms with Gasteiger partial charge in [0.15, 0.2) is 11.5 Å². The Morgan fingerprint density at radius 2 is 1.82 bits per heavy atom. The Bertz CT molecular complexity index is 1250. The molecule has 176 valence electrons. The van der Waals surface area contributed by atoms with Crippen molar-refractivity contribution >= 4 is 62.3 Å². The van der Waals surface area contributed by atoms with Gasteiger partial charge in [0.1, 0.15) is 6.61 Å². The summed E-state index contributed by atoms with van der Waals surface area (Å²) in [5.41, 5.74) is 1.90. The van der Waals surface area contributed by atoms with Crippen molar-refractivity contribution in [2.45, 2.75) is 33.3 Å². The third-order valence-corrected chi connectivity index (χ3v) is 7.20. The minimum Gasteiger partial charge on any atom is -0.490 e. The maximum atomic E-state index is 12.7. The summed E-state index contributed by atoms with van der Waals surface area (Å²) in [7, 11) is 0. The molecule has 0 saturated carbocycles. The van der Waals surface area contributed by atoms with Crippen LogP contribution >= 0.6 is 34.4 Å². The number of benzene rings is 3. The monoisotopic (exact) mass is 587 g/mol. The Labute approximate surface area is 217 Å². The number of fused-ring (bicyclic) bond motifs is 1. The average Bonchev–Trinajstić information content (AvgIpc) is 3.09. The standard InChI is InChI=1S/C27H26INO4S/c1-3-5-13-29-26(30)24(34-27(29)31)16-18-14-22(28)25(23(15-18)32-4-2)33-17-20-11-8-10-19-9-6-7-12-21(19)20/h6-12,14-16H,3-5,13,17H2,1-2H3/b24-16-. The van der Waals surface area contributed by atoms with Crippen LogP contribution < -0.4 is 9.47 Å². The molecule has 0 atom stereocenters. The van der Waals surface area contributed by atoms with Gasteiger partial charge in [-0.25, -0.2) is 0 Å². The van der Waals surface area contributed by atoms with Gasteiger partial charge in [0.2, 0.25) is 0 Å². The van der Waals surface area contributed by atoms with Crippen LogP contribution in [0.1, 0.15) is 37.8 Å². The van der Waals surface area contributed by atoms with E-state index in [2.05, 4.69) is 46.9 Å². The molecule has 0 spiro atoms. The van der Waals surface area contributed by atoms with Crippen molar-refractivity contribution in [3.05, 3.63) is 74.2 Å². The first-order valence-electron chi connectivity index (χ1n) is 11.3. The average molecular weight is 587 g/mol. The molecule has 5 nitrogen and oxygen atoms in total. The fourth-order valence-corrected chi connectivity index (χ4v) is 5.45. The molecular weight excluding hydrogens is 561 g/mol. The van der Waals surface area contributed by atoms with E-state index in [-0.39, 0.29) is 11.1 Å². The van der Waals surface area contributed by atoms with Crippen molar-refractivity contribution in [2.75, 3.05) is 13.2 Å². The van der Waals surface area contributed by atoms with E-state index in [4.69, 9.17) is 9.47 Å².